The highest BCUT2D eigenvalue weighted by Crippen LogP contribution is 2.43. The molecular formula is C11H22O6P2. The molecule has 2 saturated heterocycles. The van der Waals surface area contributed by atoms with Crippen LogP contribution >= 0.6 is 18.1 Å². The maximum Gasteiger partial charge on any atom is 0.176 e. The topological polar surface area (TPSA) is 55.4 Å². The van der Waals surface area contributed by atoms with Gasteiger partial charge in [-0.1, -0.05) is 13.3 Å². The van der Waals surface area contributed by atoms with E-state index in [9.17, 15) is 0 Å². The molecule has 0 aromatic heterocycles. The predicted molar refractivity (Wildman–Crippen MR) is 73.5 cm³/mol. The van der Waals surface area contributed by atoms with Crippen LogP contribution in [-0.2, 0) is 27.6 Å². The average molecular weight is 312 g/mol. The van der Waals surface area contributed by atoms with E-state index in [4.69, 9.17) is 27.6 Å². The van der Waals surface area contributed by atoms with Crippen LogP contribution in [0.3, 0.4) is 0 Å². The molecule has 19 heavy (non-hydrogen) atoms. The Hall–Kier alpha value is 0.620. The van der Waals surface area contributed by atoms with Gasteiger partial charge in [-0.2, -0.15) is 0 Å². The molecule has 112 valence electrons. The zero-order valence-electron chi connectivity index (χ0n) is 11.2. The first kappa shape index (κ1) is 16.0. The molecule has 0 saturated carbocycles. The Morgan fingerprint density at radius 2 is 1.79 bits per heavy atom. The van der Waals surface area contributed by atoms with E-state index in [0.29, 0.717) is 33.0 Å². The minimum absolute atomic E-state index is 0.0178. The van der Waals surface area contributed by atoms with Crippen LogP contribution in [0.25, 0.3) is 0 Å². The summed E-state index contributed by atoms with van der Waals surface area (Å²) in [6, 6.07) is 0. The number of unbranched alkanes of at least 4 members (excludes halogenated alkanes) is 1. The maximum atomic E-state index is 5.78. The van der Waals surface area contributed by atoms with Crippen LogP contribution in [-0.4, -0.2) is 45.9 Å². The van der Waals surface area contributed by atoms with E-state index >= 15 is 0 Å². The zero-order chi connectivity index (χ0) is 13.4. The second kappa shape index (κ2) is 8.81. The molecule has 0 radical (unpaired) electrons. The molecule has 0 aromatic rings. The van der Waals surface area contributed by atoms with Gasteiger partial charge in [0.25, 0.3) is 0 Å². The summed E-state index contributed by atoms with van der Waals surface area (Å²) in [7, 11) is 0.121. The summed E-state index contributed by atoms with van der Waals surface area (Å²) in [6.45, 7) is 5.69. The van der Waals surface area contributed by atoms with Crippen LogP contribution in [0.15, 0.2) is 0 Å². The Labute approximate surface area is 117 Å². The van der Waals surface area contributed by atoms with Gasteiger partial charge in [0, 0.05) is 6.61 Å². The van der Waals surface area contributed by atoms with Crippen molar-refractivity contribution in [1.82, 2.24) is 0 Å². The van der Waals surface area contributed by atoms with E-state index in [1.54, 1.807) is 0 Å². The van der Waals surface area contributed by atoms with Gasteiger partial charge >= 0.3 is 0 Å². The quantitative estimate of drug-likeness (QED) is 0.531. The van der Waals surface area contributed by atoms with Gasteiger partial charge in [0.05, 0.1) is 38.4 Å². The van der Waals surface area contributed by atoms with Crippen LogP contribution in [0, 0.1) is 5.41 Å². The highest BCUT2D eigenvalue weighted by molar-refractivity contribution is 7.26. The van der Waals surface area contributed by atoms with Gasteiger partial charge in [0.1, 0.15) is 0 Å². The Bertz CT molecular complexity index is 241. The lowest BCUT2D eigenvalue weighted by Crippen LogP contribution is -2.51. The first-order valence-electron chi connectivity index (χ1n) is 6.58. The normalized spacial score (nSPS) is 34.3. The summed E-state index contributed by atoms with van der Waals surface area (Å²) < 4.78 is 33.0. The SMILES string of the molecule is CCCCOCCOC1OPOCC12COPOC2. The number of ether oxygens (including phenoxy) is 2. The Kier molecular flexibility index (Phi) is 7.42. The lowest BCUT2D eigenvalue weighted by molar-refractivity contribution is -0.215. The van der Waals surface area contributed by atoms with Gasteiger partial charge in [-0.25, -0.2) is 0 Å². The van der Waals surface area contributed by atoms with E-state index in [1.807, 2.05) is 0 Å². The van der Waals surface area contributed by atoms with Gasteiger partial charge in [-0.3, -0.25) is 0 Å². The van der Waals surface area contributed by atoms with Crippen molar-refractivity contribution in [3.05, 3.63) is 0 Å². The van der Waals surface area contributed by atoms with Crippen molar-refractivity contribution >= 4 is 18.1 Å². The largest absolute Gasteiger partial charge is 0.379 e. The molecule has 0 aromatic carbocycles. The van der Waals surface area contributed by atoms with Crippen molar-refractivity contribution < 1.29 is 27.6 Å². The highest BCUT2D eigenvalue weighted by Gasteiger charge is 2.46. The number of rotatable bonds is 7. The summed E-state index contributed by atoms with van der Waals surface area (Å²) in [5.74, 6) is 0. The first-order chi connectivity index (χ1) is 9.37. The van der Waals surface area contributed by atoms with Gasteiger partial charge in [0.15, 0.2) is 24.4 Å². The summed E-state index contributed by atoms with van der Waals surface area (Å²) in [4.78, 5) is 0. The lowest BCUT2D eigenvalue weighted by atomic mass is 9.90. The van der Waals surface area contributed by atoms with E-state index < -0.39 is 0 Å². The molecule has 2 atom stereocenters. The number of hydrogen-bond donors (Lipinski definition) is 0. The molecule has 0 aliphatic carbocycles. The standard InChI is InChI=1S/C11H22O6P2/c1-2-3-4-12-5-6-13-10-11(9-16-19-17-10)7-14-18-15-8-11/h10,18-19H,2-9H2,1H3. The fraction of sp³-hybridized carbons (Fsp3) is 1.00. The van der Waals surface area contributed by atoms with Gasteiger partial charge in [-0.15, -0.1) is 0 Å². The maximum absolute atomic E-state index is 5.78. The van der Waals surface area contributed by atoms with Crippen molar-refractivity contribution in [2.24, 2.45) is 5.41 Å². The fourth-order valence-electron chi connectivity index (χ4n) is 1.87. The minimum Gasteiger partial charge on any atom is -0.379 e. The molecule has 2 aliphatic rings. The summed E-state index contributed by atoms with van der Waals surface area (Å²) in [5.41, 5.74) is -0.333. The minimum atomic E-state index is -0.334. The van der Waals surface area contributed by atoms with Crippen molar-refractivity contribution in [2.75, 3.05) is 39.6 Å². The summed E-state index contributed by atoms with van der Waals surface area (Å²) in [6.07, 6.45) is 1.89. The van der Waals surface area contributed by atoms with Gasteiger partial charge in [0.2, 0.25) is 0 Å². The molecule has 8 heteroatoms. The van der Waals surface area contributed by atoms with Gasteiger partial charge in [-0.05, 0) is 6.42 Å². The molecular weight excluding hydrogens is 290 g/mol. The molecule has 0 bridgehead atoms. The highest BCUT2D eigenvalue weighted by atomic mass is 31.1. The molecule has 6 nitrogen and oxygen atoms in total. The lowest BCUT2D eigenvalue weighted by Gasteiger charge is -2.43. The molecule has 0 N–H and O–H groups in total. The summed E-state index contributed by atoms with van der Waals surface area (Å²) in [5, 5.41) is 0. The van der Waals surface area contributed by atoms with Crippen molar-refractivity contribution in [1.29, 1.82) is 0 Å². The summed E-state index contributed by atoms with van der Waals surface area (Å²) >= 11 is 0. The first-order valence-corrected chi connectivity index (χ1v) is 8.21. The molecule has 2 fully saturated rings. The van der Waals surface area contributed by atoms with E-state index in [0.717, 1.165) is 19.4 Å². The van der Waals surface area contributed by atoms with Crippen LogP contribution in [0.2, 0.25) is 0 Å². The second-order valence-corrected chi connectivity index (χ2v) is 6.12. The Morgan fingerprint density at radius 3 is 2.53 bits per heavy atom. The van der Waals surface area contributed by atoms with E-state index in [2.05, 4.69) is 6.92 Å². The molecule has 2 rings (SSSR count). The van der Waals surface area contributed by atoms with Crippen LogP contribution < -0.4 is 0 Å². The second-order valence-electron chi connectivity index (χ2n) is 4.68. The third kappa shape index (κ3) is 4.83. The molecule has 2 unspecified atom stereocenters. The third-order valence-electron chi connectivity index (χ3n) is 3.05. The molecule has 2 heterocycles. The molecule has 0 amide bonds. The predicted octanol–water partition coefficient (Wildman–Crippen LogP) is 2.24. The van der Waals surface area contributed by atoms with Crippen LogP contribution in [0.1, 0.15) is 19.8 Å². The number of hydrogen-bond acceptors (Lipinski definition) is 6. The Morgan fingerprint density at radius 1 is 1.05 bits per heavy atom. The monoisotopic (exact) mass is 312 g/mol. The molecule has 1 spiro atoms. The third-order valence-corrected chi connectivity index (χ3v) is 4.15. The molecule has 2 aliphatic heterocycles. The zero-order valence-corrected chi connectivity index (χ0v) is 13.2. The Balaban J connectivity index is 1.70. The van der Waals surface area contributed by atoms with Crippen LogP contribution in [0.4, 0.5) is 0 Å². The van der Waals surface area contributed by atoms with Crippen molar-refractivity contribution in [3.63, 3.8) is 0 Å². The fourth-order valence-corrected chi connectivity index (χ4v) is 3.46. The van der Waals surface area contributed by atoms with Crippen molar-refractivity contribution in [3.8, 4) is 0 Å². The van der Waals surface area contributed by atoms with Crippen molar-refractivity contribution in [2.45, 2.75) is 26.1 Å². The average Bonchev–Trinajstić information content (AvgIpc) is 2.45. The van der Waals surface area contributed by atoms with E-state index in [-0.39, 0.29) is 29.8 Å². The smallest absolute Gasteiger partial charge is 0.176 e. The van der Waals surface area contributed by atoms with Crippen LogP contribution in [0.5, 0.6) is 0 Å². The van der Waals surface area contributed by atoms with E-state index in [1.165, 1.54) is 0 Å². The van der Waals surface area contributed by atoms with Gasteiger partial charge < -0.3 is 27.6 Å².